The van der Waals surface area contributed by atoms with Crippen LogP contribution in [0.2, 0.25) is 0 Å². The van der Waals surface area contributed by atoms with E-state index >= 15 is 0 Å². The van der Waals surface area contributed by atoms with Crippen molar-refractivity contribution in [2.24, 2.45) is 0 Å². The van der Waals surface area contributed by atoms with Gasteiger partial charge in [0.2, 0.25) is 0 Å². The van der Waals surface area contributed by atoms with Gasteiger partial charge >= 0.3 is 0 Å². The standard InChI is InChI=1S/C16H9NO3/c1-17-11-4-7-15-13(8-11)14(19)9-16(20-15)10-2-5-12(18)6-3-10/h2-9,18H. The zero-order chi connectivity index (χ0) is 14.1. The largest absolute Gasteiger partial charge is 0.508 e. The Balaban J connectivity index is 2.23. The summed E-state index contributed by atoms with van der Waals surface area (Å²) in [5, 5.41) is 9.66. The third kappa shape index (κ3) is 2.02. The zero-order valence-electron chi connectivity index (χ0n) is 10.3. The fraction of sp³-hybridized carbons (Fsp3) is 0. The summed E-state index contributed by atoms with van der Waals surface area (Å²) in [7, 11) is 0. The topological polar surface area (TPSA) is 54.8 Å². The minimum Gasteiger partial charge on any atom is -0.508 e. The first-order valence-electron chi connectivity index (χ1n) is 5.92. The quantitative estimate of drug-likeness (QED) is 0.681. The summed E-state index contributed by atoms with van der Waals surface area (Å²) in [6, 6.07) is 12.5. The molecule has 0 radical (unpaired) electrons. The molecule has 0 atom stereocenters. The van der Waals surface area contributed by atoms with Crippen molar-refractivity contribution in [3.05, 3.63) is 70.2 Å². The second kappa shape index (κ2) is 4.56. The van der Waals surface area contributed by atoms with Gasteiger partial charge in [0.25, 0.3) is 0 Å². The van der Waals surface area contributed by atoms with Gasteiger partial charge in [-0.3, -0.25) is 4.79 Å². The van der Waals surface area contributed by atoms with E-state index in [1.165, 1.54) is 24.3 Å². The number of aromatic hydroxyl groups is 1. The highest BCUT2D eigenvalue weighted by atomic mass is 16.3. The van der Waals surface area contributed by atoms with Gasteiger partial charge in [-0.05, 0) is 36.4 Å². The van der Waals surface area contributed by atoms with E-state index in [-0.39, 0.29) is 11.2 Å². The number of hydrogen-bond donors (Lipinski definition) is 1. The highest BCUT2D eigenvalue weighted by molar-refractivity contribution is 5.82. The molecule has 0 saturated heterocycles. The molecule has 20 heavy (non-hydrogen) atoms. The van der Waals surface area contributed by atoms with Crippen LogP contribution in [0.3, 0.4) is 0 Å². The number of phenols is 1. The lowest BCUT2D eigenvalue weighted by molar-refractivity contribution is 0.475. The molecule has 3 aromatic rings. The molecule has 3 rings (SSSR count). The molecule has 0 amide bonds. The van der Waals surface area contributed by atoms with Crippen LogP contribution in [0.1, 0.15) is 0 Å². The predicted octanol–water partition coefficient (Wildman–Crippen LogP) is 3.72. The average molecular weight is 263 g/mol. The lowest BCUT2D eigenvalue weighted by Crippen LogP contribution is -1.99. The second-order valence-corrected chi connectivity index (χ2v) is 4.31. The van der Waals surface area contributed by atoms with Gasteiger partial charge in [-0.2, -0.15) is 0 Å². The maximum atomic E-state index is 12.1. The molecule has 0 fully saturated rings. The van der Waals surface area contributed by atoms with Crippen molar-refractivity contribution in [3.8, 4) is 17.1 Å². The van der Waals surface area contributed by atoms with E-state index in [1.807, 2.05) is 0 Å². The molecule has 0 bridgehead atoms. The summed E-state index contributed by atoms with van der Waals surface area (Å²) < 4.78 is 5.68. The minimum atomic E-state index is -0.195. The normalized spacial score (nSPS) is 10.3. The van der Waals surface area contributed by atoms with Crippen LogP contribution in [0.25, 0.3) is 27.1 Å². The highest BCUT2D eigenvalue weighted by Crippen LogP contribution is 2.25. The number of phenolic OH excluding ortho intramolecular Hbond substituents is 1. The molecule has 0 saturated carbocycles. The molecule has 1 aromatic heterocycles. The van der Waals surface area contributed by atoms with E-state index in [2.05, 4.69) is 4.85 Å². The van der Waals surface area contributed by atoms with Crippen molar-refractivity contribution in [2.45, 2.75) is 0 Å². The molecule has 0 unspecified atom stereocenters. The van der Waals surface area contributed by atoms with E-state index < -0.39 is 0 Å². The van der Waals surface area contributed by atoms with E-state index in [0.29, 0.717) is 28.0 Å². The molecule has 0 aliphatic rings. The molecule has 0 spiro atoms. The van der Waals surface area contributed by atoms with Crippen LogP contribution in [0.5, 0.6) is 5.75 Å². The molecule has 0 aliphatic heterocycles. The van der Waals surface area contributed by atoms with Crippen LogP contribution in [-0.2, 0) is 0 Å². The summed E-state index contributed by atoms with van der Waals surface area (Å²) in [6.45, 7) is 6.95. The summed E-state index contributed by atoms with van der Waals surface area (Å²) >= 11 is 0. The maximum absolute atomic E-state index is 12.1. The monoisotopic (exact) mass is 263 g/mol. The molecular weight excluding hydrogens is 254 g/mol. The molecule has 4 nitrogen and oxygen atoms in total. The molecule has 1 N–H and O–H groups in total. The van der Waals surface area contributed by atoms with Crippen molar-refractivity contribution in [2.75, 3.05) is 0 Å². The van der Waals surface area contributed by atoms with E-state index in [4.69, 9.17) is 11.0 Å². The zero-order valence-corrected chi connectivity index (χ0v) is 10.3. The van der Waals surface area contributed by atoms with Gasteiger partial charge < -0.3 is 9.52 Å². The number of rotatable bonds is 1. The van der Waals surface area contributed by atoms with Crippen LogP contribution < -0.4 is 5.43 Å². The Bertz CT molecular complexity index is 886. The van der Waals surface area contributed by atoms with Crippen molar-refractivity contribution in [1.82, 2.24) is 0 Å². The van der Waals surface area contributed by atoms with Crippen LogP contribution in [-0.4, -0.2) is 5.11 Å². The van der Waals surface area contributed by atoms with Crippen LogP contribution in [0, 0.1) is 6.57 Å². The number of hydrogen-bond acceptors (Lipinski definition) is 3. The number of benzene rings is 2. The molecular formula is C16H9NO3. The average Bonchev–Trinajstić information content (AvgIpc) is 2.47. The predicted molar refractivity (Wildman–Crippen MR) is 75.8 cm³/mol. The summed E-state index contributed by atoms with van der Waals surface area (Å²) in [4.78, 5) is 15.4. The van der Waals surface area contributed by atoms with Crippen molar-refractivity contribution >= 4 is 16.7 Å². The summed E-state index contributed by atoms with van der Waals surface area (Å²) in [5.41, 5.74) is 1.35. The van der Waals surface area contributed by atoms with Crippen LogP contribution >= 0.6 is 0 Å². The SMILES string of the molecule is [C-]#[N+]c1ccc2oc(-c3ccc(O)cc3)cc(=O)c2c1. The second-order valence-electron chi connectivity index (χ2n) is 4.31. The maximum Gasteiger partial charge on any atom is 0.192 e. The van der Waals surface area contributed by atoms with Crippen LogP contribution in [0.4, 0.5) is 5.69 Å². The van der Waals surface area contributed by atoms with Crippen LogP contribution in [0.15, 0.2) is 57.7 Å². The lowest BCUT2D eigenvalue weighted by atomic mass is 10.1. The van der Waals surface area contributed by atoms with Gasteiger partial charge in [0.05, 0.1) is 12.0 Å². The Morgan fingerprint density at radius 2 is 1.80 bits per heavy atom. The molecule has 96 valence electrons. The lowest BCUT2D eigenvalue weighted by Gasteiger charge is -2.03. The van der Waals surface area contributed by atoms with Gasteiger partial charge in [-0.25, -0.2) is 4.85 Å². The van der Waals surface area contributed by atoms with Crippen molar-refractivity contribution < 1.29 is 9.52 Å². The van der Waals surface area contributed by atoms with Gasteiger partial charge in [0, 0.05) is 11.6 Å². The van der Waals surface area contributed by atoms with Crippen molar-refractivity contribution in [3.63, 3.8) is 0 Å². The summed E-state index contributed by atoms with van der Waals surface area (Å²) in [5.74, 6) is 0.580. The minimum absolute atomic E-state index is 0.151. The Labute approximate surface area is 114 Å². The van der Waals surface area contributed by atoms with Gasteiger partial charge in [-0.15, -0.1) is 0 Å². The molecule has 1 heterocycles. The third-order valence-electron chi connectivity index (χ3n) is 2.99. The van der Waals surface area contributed by atoms with E-state index in [9.17, 15) is 9.90 Å². The Kier molecular flexibility index (Phi) is 2.73. The number of fused-ring (bicyclic) bond motifs is 1. The van der Waals surface area contributed by atoms with Gasteiger partial charge in [0.1, 0.15) is 17.1 Å². The highest BCUT2D eigenvalue weighted by Gasteiger charge is 2.07. The first kappa shape index (κ1) is 12.0. The van der Waals surface area contributed by atoms with E-state index in [0.717, 1.165) is 0 Å². The molecule has 2 aromatic carbocycles. The fourth-order valence-electron chi connectivity index (χ4n) is 1.98. The Morgan fingerprint density at radius 1 is 1.05 bits per heavy atom. The van der Waals surface area contributed by atoms with Gasteiger partial charge in [-0.1, -0.05) is 6.07 Å². The summed E-state index contributed by atoms with van der Waals surface area (Å²) in [6.07, 6.45) is 0. The third-order valence-corrected chi connectivity index (χ3v) is 2.99. The first-order chi connectivity index (χ1) is 9.67. The van der Waals surface area contributed by atoms with E-state index in [1.54, 1.807) is 24.3 Å². The Hall–Kier alpha value is -3.06. The molecule has 0 aliphatic carbocycles. The Morgan fingerprint density at radius 3 is 2.50 bits per heavy atom. The molecule has 4 heteroatoms. The van der Waals surface area contributed by atoms with Crippen molar-refractivity contribution in [1.29, 1.82) is 0 Å². The fourth-order valence-corrected chi connectivity index (χ4v) is 1.98. The first-order valence-corrected chi connectivity index (χ1v) is 5.92. The van der Waals surface area contributed by atoms with Gasteiger partial charge in [0.15, 0.2) is 11.1 Å². The number of nitrogens with zero attached hydrogens (tertiary/aromatic N) is 1. The smallest absolute Gasteiger partial charge is 0.192 e.